The molecule has 0 aromatic rings. The first-order chi connectivity index (χ1) is 7.58. The number of carbonyl (C=O) groups excluding carboxylic acids is 1. The number of amides is 1. The summed E-state index contributed by atoms with van der Waals surface area (Å²) >= 11 is 0. The molecule has 0 radical (unpaired) electrons. The third kappa shape index (κ3) is 6.97. The van der Waals surface area contributed by atoms with Crippen LogP contribution in [0.2, 0.25) is 0 Å². The number of hydrogen-bond acceptors (Lipinski definition) is 5. The van der Waals surface area contributed by atoms with Gasteiger partial charge in [0.1, 0.15) is 0 Å². The molecule has 0 bridgehead atoms. The zero-order valence-corrected chi connectivity index (χ0v) is 9.43. The SMILES string of the molecule is CCOC(=O)NS(=O)(=O)NCC(O)C(F)(F)F. The van der Waals surface area contributed by atoms with Crippen LogP contribution in [-0.4, -0.2) is 45.0 Å². The van der Waals surface area contributed by atoms with Crippen LogP contribution in [0, 0.1) is 0 Å². The van der Waals surface area contributed by atoms with E-state index in [9.17, 15) is 26.4 Å². The normalized spacial score (nSPS) is 14.2. The summed E-state index contributed by atoms with van der Waals surface area (Å²) in [5, 5.41) is 8.49. The van der Waals surface area contributed by atoms with E-state index in [-0.39, 0.29) is 6.61 Å². The Morgan fingerprint density at radius 3 is 2.41 bits per heavy atom. The largest absolute Gasteiger partial charge is 0.449 e. The van der Waals surface area contributed by atoms with Gasteiger partial charge in [-0.15, -0.1) is 0 Å². The Morgan fingerprint density at radius 2 is 2.00 bits per heavy atom. The van der Waals surface area contributed by atoms with Crippen molar-refractivity contribution in [1.82, 2.24) is 9.44 Å². The predicted molar refractivity (Wildman–Crippen MR) is 49.1 cm³/mol. The quantitative estimate of drug-likeness (QED) is 0.629. The molecule has 3 N–H and O–H groups in total. The van der Waals surface area contributed by atoms with Crippen LogP contribution in [0.25, 0.3) is 0 Å². The molecule has 11 heteroatoms. The second-order valence-electron chi connectivity index (χ2n) is 2.73. The molecule has 1 unspecified atom stereocenters. The van der Waals surface area contributed by atoms with Crippen LogP contribution >= 0.6 is 0 Å². The van der Waals surface area contributed by atoms with Crippen molar-refractivity contribution in [3.05, 3.63) is 0 Å². The molecule has 0 heterocycles. The minimum absolute atomic E-state index is 0.105. The molecule has 0 aliphatic rings. The fraction of sp³-hybridized carbons (Fsp3) is 0.833. The highest BCUT2D eigenvalue weighted by molar-refractivity contribution is 7.88. The Bertz CT molecular complexity index is 355. The summed E-state index contributed by atoms with van der Waals surface area (Å²) in [6.07, 6.45) is -9.14. The number of alkyl halides is 3. The van der Waals surface area contributed by atoms with E-state index in [0.717, 1.165) is 0 Å². The number of aliphatic hydroxyl groups excluding tert-OH is 1. The molecule has 0 saturated carbocycles. The van der Waals surface area contributed by atoms with E-state index in [1.165, 1.54) is 16.4 Å². The van der Waals surface area contributed by atoms with Gasteiger partial charge in [-0.3, -0.25) is 0 Å². The molecular formula is C6H11F3N2O5S. The highest BCUT2D eigenvalue weighted by atomic mass is 32.2. The molecule has 0 fully saturated rings. The van der Waals surface area contributed by atoms with Gasteiger partial charge in [-0.05, 0) is 6.92 Å². The predicted octanol–water partition coefficient (Wildman–Crippen LogP) is -0.510. The lowest BCUT2D eigenvalue weighted by Gasteiger charge is -2.15. The van der Waals surface area contributed by atoms with Crippen molar-refractivity contribution >= 4 is 16.3 Å². The average Bonchev–Trinajstić information content (AvgIpc) is 2.12. The Balaban J connectivity index is 4.24. The van der Waals surface area contributed by atoms with Crippen LogP contribution in [0.15, 0.2) is 0 Å². The number of hydrogen-bond donors (Lipinski definition) is 3. The van der Waals surface area contributed by atoms with Crippen LogP contribution in [-0.2, 0) is 14.9 Å². The Kier molecular flexibility index (Phi) is 5.64. The van der Waals surface area contributed by atoms with Gasteiger partial charge < -0.3 is 9.84 Å². The number of nitrogens with one attached hydrogen (secondary N) is 2. The maximum absolute atomic E-state index is 11.8. The third-order valence-electron chi connectivity index (χ3n) is 1.34. The zero-order chi connectivity index (χ0) is 13.7. The van der Waals surface area contributed by atoms with Crippen LogP contribution in [0.5, 0.6) is 0 Å². The lowest BCUT2D eigenvalue weighted by atomic mass is 10.4. The van der Waals surface area contributed by atoms with Crippen molar-refractivity contribution in [2.75, 3.05) is 13.2 Å². The molecule has 102 valence electrons. The first-order valence-electron chi connectivity index (χ1n) is 4.27. The minimum Gasteiger partial charge on any atom is -0.449 e. The Morgan fingerprint density at radius 1 is 1.47 bits per heavy atom. The molecule has 17 heavy (non-hydrogen) atoms. The van der Waals surface area contributed by atoms with Crippen molar-refractivity contribution in [3.8, 4) is 0 Å². The first kappa shape index (κ1) is 15.9. The van der Waals surface area contributed by atoms with Crippen molar-refractivity contribution in [3.63, 3.8) is 0 Å². The maximum Gasteiger partial charge on any atom is 0.421 e. The molecule has 0 saturated heterocycles. The van der Waals surface area contributed by atoms with Crippen LogP contribution in [0.3, 0.4) is 0 Å². The summed E-state index contributed by atoms with van der Waals surface area (Å²) in [6, 6.07) is 0. The van der Waals surface area contributed by atoms with E-state index < -0.39 is 35.1 Å². The van der Waals surface area contributed by atoms with Gasteiger partial charge in [-0.25, -0.2) is 9.52 Å². The number of aliphatic hydroxyl groups is 1. The average molecular weight is 280 g/mol. The van der Waals surface area contributed by atoms with Gasteiger partial charge in [-0.2, -0.15) is 26.3 Å². The van der Waals surface area contributed by atoms with E-state index in [1.54, 1.807) is 0 Å². The third-order valence-corrected chi connectivity index (χ3v) is 2.32. The molecule has 0 aliphatic carbocycles. The first-order valence-corrected chi connectivity index (χ1v) is 5.75. The summed E-state index contributed by atoms with van der Waals surface area (Å²) in [6.45, 7) is -0.00218. The number of carbonyl (C=O) groups is 1. The summed E-state index contributed by atoms with van der Waals surface area (Å²) in [5.41, 5.74) is 0. The fourth-order valence-corrected chi connectivity index (χ4v) is 1.34. The van der Waals surface area contributed by atoms with Crippen molar-refractivity contribution < 1.29 is 36.2 Å². The highest BCUT2D eigenvalue weighted by Crippen LogP contribution is 2.19. The van der Waals surface area contributed by atoms with Gasteiger partial charge in [0.15, 0.2) is 6.10 Å². The van der Waals surface area contributed by atoms with E-state index in [0.29, 0.717) is 0 Å². The highest BCUT2D eigenvalue weighted by Gasteiger charge is 2.38. The molecule has 0 aromatic carbocycles. The van der Waals surface area contributed by atoms with Gasteiger partial charge in [-0.1, -0.05) is 0 Å². The zero-order valence-electron chi connectivity index (χ0n) is 8.61. The number of halogens is 3. The van der Waals surface area contributed by atoms with E-state index in [2.05, 4.69) is 4.74 Å². The van der Waals surface area contributed by atoms with Gasteiger partial charge in [0.25, 0.3) is 0 Å². The Labute approximate surface area is 95.1 Å². The summed E-state index contributed by atoms with van der Waals surface area (Å²) in [5.74, 6) is 0. The molecule has 0 spiro atoms. The molecular weight excluding hydrogens is 269 g/mol. The molecule has 0 aliphatic heterocycles. The summed E-state index contributed by atoms with van der Waals surface area (Å²) in [4.78, 5) is 10.7. The van der Waals surface area contributed by atoms with Gasteiger partial charge in [0, 0.05) is 6.54 Å². The number of ether oxygens (including phenoxy) is 1. The van der Waals surface area contributed by atoms with Gasteiger partial charge in [0.2, 0.25) is 0 Å². The van der Waals surface area contributed by atoms with E-state index in [1.807, 2.05) is 0 Å². The van der Waals surface area contributed by atoms with Gasteiger partial charge >= 0.3 is 22.5 Å². The molecule has 7 nitrogen and oxygen atoms in total. The Hall–Kier alpha value is -1.07. The molecule has 0 rings (SSSR count). The minimum atomic E-state index is -4.95. The standard InChI is InChI=1S/C6H11F3N2O5S/c1-2-16-5(13)11-17(14,15)10-3-4(12)6(7,8)9/h4,10,12H,2-3H2,1H3,(H,11,13). The van der Waals surface area contributed by atoms with Crippen molar-refractivity contribution in [1.29, 1.82) is 0 Å². The molecule has 0 aromatic heterocycles. The lowest BCUT2D eigenvalue weighted by Crippen LogP contribution is -2.46. The second-order valence-corrected chi connectivity index (χ2v) is 4.23. The van der Waals surface area contributed by atoms with Gasteiger partial charge in [0.05, 0.1) is 6.61 Å². The second kappa shape index (κ2) is 6.02. The van der Waals surface area contributed by atoms with E-state index >= 15 is 0 Å². The summed E-state index contributed by atoms with van der Waals surface area (Å²) in [7, 11) is -4.49. The van der Waals surface area contributed by atoms with Crippen LogP contribution < -0.4 is 9.44 Å². The van der Waals surface area contributed by atoms with Crippen molar-refractivity contribution in [2.24, 2.45) is 0 Å². The van der Waals surface area contributed by atoms with Crippen LogP contribution in [0.1, 0.15) is 6.92 Å². The fourth-order valence-electron chi connectivity index (χ4n) is 0.611. The maximum atomic E-state index is 11.8. The summed E-state index contributed by atoms with van der Waals surface area (Å²) < 4.78 is 64.2. The monoisotopic (exact) mass is 280 g/mol. The number of rotatable bonds is 5. The smallest absolute Gasteiger partial charge is 0.421 e. The van der Waals surface area contributed by atoms with Crippen LogP contribution in [0.4, 0.5) is 18.0 Å². The van der Waals surface area contributed by atoms with E-state index in [4.69, 9.17) is 5.11 Å². The lowest BCUT2D eigenvalue weighted by molar-refractivity contribution is -0.200. The topological polar surface area (TPSA) is 105 Å². The van der Waals surface area contributed by atoms with Crippen molar-refractivity contribution in [2.45, 2.75) is 19.2 Å². The molecule has 1 amide bonds. The molecule has 1 atom stereocenters.